The van der Waals surface area contributed by atoms with Crippen molar-refractivity contribution in [1.82, 2.24) is 0 Å². The van der Waals surface area contributed by atoms with E-state index < -0.39 is 5.41 Å². The lowest BCUT2D eigenvalue weighted by molar-refractivity contribution is 0.489. The number of para-hydroxylation sites is 2. The third-order valence-electron chi connectivity index (χ3n) is 14.4. The van der Waals surface area contributed by atoms with E-state index in [1.54, 1.807) is 0 Å². The highest BCUT2D eigenvalue weighted by molar-refractivity contribution is 6.09. The van der Waals surface area contributed by atoms with Gasteiger partial charge >= 0.3 is 0 Å². The second kappa shape index (κ2) is 17.3. The predicted octanol–water partition coefficient (Wildman–Crippen LogP) is 17.8. The van der Waals surface area contributed by atoms with Gasteiger partial charge in [0, 0.05) is 34.2 Å². The van der Waals surface area contributed by atoms with Gasteiger partial charge in [0.1, 0.15) is 0 Å². The van der Waals surface area contributed by atoms with Gasteiger partial charge in [0.2, 0.25) is 0 Å². The van der Waals surface area contributed by atoms with Crippen LogP contribution in [0.2, 0.25) is 0 Å². The molecule has 0 bridgehead atoms. The molecule has 3 nitrogen and oxygen atoms in total. The number of nitrogens with zero attached hydrogens (tertiary/aromatic N) is 2. The zero-order valence-electron chi connectivity index (χ0n) is 38.6. The van der Waals surface area contributed by atoms with Gasteiger partial charge in [-0.25, -0.2) is 0 Å². The molecule has 0 radical (unpaired) electrons. The van der Waals surface area contributed by atoms with Gasteiger partial charge in [-0.2, -0.15) is 0 Å². The maximum absolute atomic E-state index is 7.53. The first-order valence-corrected chi connectivity index (χ1v) is 24.3. The Bertz CT molecular complexity index is 3630. The summed E-state index contributed by atoms with van der Waals surface area (Å²) in [5.74, 6) is 1.65. The second-order valence-corrected chi connectivity index (χ2v) is 18.2. The van der Waals surface area contributed by atoms with Crippen molar-refractivity contribution in [3.8, 4) is 44.9 Å². The molecule has 2 aliphatic carbocycles. The van der Waals surface area contributed by atoms with Crippen molar-refractivity contribution in [2.24, 2.45) is 0 Å². The maximum Gasteiger partial charge on any atom is 0.159 e. The first kappa shape index (κ1) is 41.3. The molecular weight excluding hydrogens is 849 g/mol. The summed E-state index contributed by atoms with van der Waals surface area (Å²) in [5, 5.41) is 2.22. The lowest BCUT2D eigenvalue weighted by atomic mass is 9.67. The highest BCUT2D eigenvalue weighted by atomic mass is 16.5. The highest BCUT2D eigenvalue weighted by Gasteiger charge is 2.46. The van der Waals surface area contributed by atoms with Crippen LogP contribution in [0.15, 0.2) is 267 Å². The lowest BCUT2D eigenvalue weighted by Crippen LogP contribution is -2.28. The molecule has 1 heterocycles. The molecule has 0 unspecified atom stereocenters. The number of allylic oxidation sites excluding steroid dienone is 3. The molecule has 10 aromatic rings. The average molecular weight is 897 g/mol. The number of hydrogen-bond donors (Lipinski definition) is 0. The summed E-state index contributed by atoms with van der Waals surface area (Å²) in [6.45, 7) is 0. The van der Waals surface area contributed by atoms with E-state index >= 15 is 0 Å². The van der Waals surface area contributed by atoms with Gasteiger partial charge in [0.15, 0.2) is 11.5 Å². The molecule has 10 aromatic carbocycles. The Kier molecular flexibility index (Phi) is 10.2. The maximum atomic E-state index is 7.53. The van der Waals surface area contributed by atoms with Crippen LogP contribution in [-0.4, -0.2) is 0 Å². The molecule has 0 fully saturated rings. The van der Waals surface area contributed by atoms with Crippen LogP contribution in [0.5, 0.6) is 11.5 Å². The van der Waals surface area contributed by atoms with Crippen molar-refractivity contribution in [3.05, 3.63) is 295 Å². The van der Waals surface area contributed by atoms with Crippen LogP contribution < -0.4 is 14.5 Å². The second-order valence-electron chi connectivity index (χ2n) is 18.2. The number of anilines is 4. The van der Waals surface area contributed by atoms with E-state index in [9.17, 15) is 0 Å². The van der Waals surface area contributed by atoms with Gasteiger partial charge in [-0.15, -0.1) is 0 Å². The number of fused-ring (bicyclic) bond motifs is 5. The number of benzene rings is 10. The van der Waals surface area contributed by atoms with Crippen molar-refractivity contribution in [2.45, 2.75) is 18.3 Å². The fraction of sp³-hybridized carbons (Fsp3) is 0.0448. The summed E-state index contributed by atoms with van der Waals surface area (Å²) in [7, 11) is 0. The van der Waals surface area contributed by atoms with E-state index in [1.165, 1.54) is 38.9 Å². The standard InChI is InChI=1S/C67H48N2O/c1-6-21-47(22-7-1)48-39-42-53(43-40-48)68(46-45-50-24-19-37-60-63(50)58-33-16-17-36-59(58)67(60,51-25-8-2-9-26-51)52-27-10-3-11-28-52)61-44-41-49-23-18-34-56-57-35-20-38-62(65(57)70-66(61)64(49)56)69(54-29-12-4-13-30-54)55-31-14-5-15-32-55/h1-4,6-14,16-46H,5,15H2. The largest absolute Gasteiger partial charge is 0.452 e. The minimum atomic E-state index is -0.500. The molecule has 0 atom stereocenters. The first-order chi connectivity index (χ1) is 34.8. The zero-order valence-corrected chi connectivity index (χ0v) is 38.6. The van der Waals surface area contributed by atoms with Crippen LogP contribution in [-0.2, 0) is 5.41 Å². The molecule has 0 amide bonds. The third-order valence-corrected chi connectivity index (χ3v) is 14.4. The topological polar surface area (TPSA) is 15.7 Å². The van der Waals surface area contributed by atoms with Gasteiger partial charge in [0.25, 0.3) is 0 Å². The Morgan fingerprint density at radius 3 is 1.81 bits per heavy atom. The third kappa shape index (κ3) is 6.73. The van der Waals surface area contributed by atoms with Crippen molar-refractivity contribution >= 4 is 39.6 Å². The van der Waals surface area contributed by atoms with Crippen molar-refractivity contribution in [3.63, 3.8) is 0 Å². The predicted molar refractivity (Wildman–Crippen MR) is 291 cm³/mol. The molecule has 13 rings (SSSR count). The Balaban J connectivity index is 1.01. The quantitative estimate of drug-likeness (QED) is 0.136. The fourth-order valence-corrected chi connectivity index (χ4v) is 11.3. The smallest absolute Gasteiger partial charge is 0.159 e. The minimum Gasteiger partial charge on any atom is -0.452 e. The Labute approximate surface area is 409 Å². The van der Waals surface area contributed by atoms with Crippen molar-refractivity contribution in [2.75, 3.05) is 9.80 Å². The molecule has 0 saturated carbocycles. The molecule has 0 saturated heterocycles. The summed E-state index contributed by atoms with van der Waals surface area (Å²) in [6.07, 6.45) is 13.4. The number of ether oxygens (including phenoxy) is 1. The highest BCUT2D eigenvalue weighted by Crippen LogP contribution is 2.58. The average Bonchev–Trinajstić information content (AvgIpc) is 3.75. The number of rotatable bonds is 10. The molecule has 1 aliphatic heterocycles. The molecule has 0 N–H and O–H groups in total. The zero-order chi connectivity index (χ0) is 46.4. The summed E-state index contributed by atoms with van der Waals surface area (Å²) >= 11 is 0. The summed E-state index contributed by atoms with van der Waals surface area (Å²) < 4.78 is 7.53. The molecule has 70 heavy (non-hydrogen) atoms. The van der Waals surface area contributed by atoms with E-state index in [2.05, 4.69) is 277 Å². The summed E-state index contributed by atoms with van der Waals surface area (Å²) in [4.78, 5) is 4.66. The molecule has 3 heteroatoms. The Morgan fingerprint density at radius 2 is 1.07 bits per heavy atom. The number of hydrogen-bond acceptors (Lipinski definition) is 3. The van der Waals surface area contributed by atoms with Crippen molar-refractivity contribution in [1.29, 1.82) is 0 Å². The molecular formula is C67H48N2O. The van der Waals surface area contributed by atoms with Gasteiger partial charge in [-0.3, -0.25) is 0 Å². The molecule has 0 aromatic heterocycles. The van der Waals surface area contributed by atoms with Crippen LogP contribution in [0.3, 0.4) is 0 Å². The monoisotopic (exact) mass is 896 g/mol. The van der Waals surface area contributed by atoms with Crippen molar-refractivity contribution < 1.29 is 4.74 Å². The SMILES string of the molecule is C1=CC(N(c2ccccc2)c2cccc3c2Oc2c(N(C=Cc4cccc5c4-c4ccccc4C5(c4ccccc4)c4ccccc4)c4ccc(-c5ccccc5)cc4)ccc4cccc-3c24)=CCC1. The summed E-state index contributed by atoms with van der Waals surface area (Å²) in [5.41, 5.74) is 17.9. The van der Waals surface area contributed by atoms with E-state index in [-0.39, 0.29) is 0 Å². The van der Waals surface area contributed by atoms with Gasteiger partial charge in [-0.1, -0.05) is 212 Å². The fourth-order valence-electron chi connectivity index (χ4n) is 11.3. The lowest BCUT2D eigenvalue weighted by Gasteiger charge is -2.34. The Hall–Kier alpha value is -8.92. The minimum absolute atomic E-state index is 0.500. The normalized spacial score (nSPS) is 13.8. The van der Waals surface area contributed by atoms with Gasteiger partial charge < -0.3 is 14.5 Å². The first-order valence-electron chi connectivity index (χ1n) is 24.3. The van der Waals surface area contributed by atoms with Crippen LogP contribution >= 0.6 is 0 Å². The van der Waals surface area contributed by atoms with Crippen LogP contribution in [0, 0.1) is 0 Å². The van der Waals surface area contributed by atoms with Crippen LogP contribution in [0.25, 0.3) is 50.2 Å². The van der Waals surface area contributed by atoms with E-state index in [1.807, 2.05) is 0 Å². The van der Waals surface area contributed by atoms with Crippen LogP contribution in [0.1, 0.15) is 40.7 Å². The van der Waals surface area contributed by atoms with Crippen LogP contribution in [0.4, 0.5) is 22.7 Å². The summed E-state index contributed by atoms with van der Waals surface area (Å²) in [6, 6.07) is 85.7. The molecule has 0 spiro atoms. The van der Waals surface area contributed by atoms with E-state index in [0.29, 0.717) is 0 Å². The molecule has 3 aliphatic rings. The molecule has 332 valence electrons. The Morgan fingerprint density at radius 1 is 0.443 bits per heavy atom. The van der Waals surface area contributed by atoms with Gasteiger partial charge in [-0.05, 0) is 122 Å². The van der Waals surface area contributed by atoms with E-state index in [0.717, 1.165) is 85.8 Å². The van der Waals surface area contributed by atoms with E-state index in [4.69, 9.17) is 4.74 Å². The van der Waals surface area contributed by atoms with Gasteiger partial charge in [0.05, 0.1) is 16.8 Å².